The molecule has 0 fully saturated rings. The fraction of sp³-hybridized carbons (Fsp3) is 0.250. The Balaban J connectivity index is 2.04. The first kappa shape index (κ1) is 11.8. The number of rotatable bonds is 4. The van der Waals surface area contributed by atoms with Gasteiger partial charge in [-0.15, -0.1) is 0 Å². The van der Waals surface area contributed by atoms with Gasteiger partial charge in [-0.3, -0.25) is 0 Å². The molecular weight excluding hydrogens is 285 g/mol. The van der Waals surface area contributed by atoms with E-state index in [1.165, 1.54) is 10.6 Å². The van der Waals surface area contributed by atoms with E-state index in [1.807, 2.05) is 18.2 Å². The van der Waals surface area contributed by atoms with Gasteiger partial charge in [0.1, 0.15) is 0 Å². The number of carbonyl (C=O) groups excluding carboxylic acids is 1. The van der Waals surface area contributed by atoms with Gasteiger partial charge in [-0.25, -0.2) is 0 Å². The van der Waals surface area contributed by atoms with Crippen molar-refractivity contribution in [1.29, 1.82) is 0 Å². The van der Waals surface area contributed by atoms with Crippen LogP contribution in [0, 0.1) is 0 Å². The van der Waals surface area contributed by atoms with E-state index in [-0.39, 0.29) is 20.3 Å². The van der Waals surface area contributed by atoms with Crippen LogP contribution in [0.15, 0.2) is 40.3 Å². The van der Waals surface area contributed by atoms with Crippen LogP contribution in [0.4, 0.5) is 0 Å². The zero-order chi connectivity index (χ0) is 11.5. The number of Topliss-reactive ketones (excluding diaryl/α,β-unsaturated/α-hetero) is 1. The van der Waals surface area contributed by atoms with Crippen LogP contribution >= 0.6 is 11.8 Å². The molecule has 0 aromatic carbocycles. The Morgan fingerprint density at radius 1 is 1.75 bits per heavy atom. The number of hydrogen-bond acceptors (Lipinski definition) is 3. The van der Waals surface area contributed by atoms with Crippen molar-refractivity contribution in [3.05, 3.63) is 44.8 Å². The molecular formula is C12H13NOSSe. The zero-order valence-electron chi connectivity index (χ0n) is 9.10. The monoisotopic (exact) mass is 299 g/mol. The maximum absolute atomic E-state index is 11.9. The van der Waals surface area contributed by atoms with Crippen LogP contribution in [0.5, 0.6) is 0 Å². The molecule has 0 saturated heterocycles. The maximum atomic E-state index is 11.9. The molecule has 0 N–H and O–H groups in total. The Morgan fingerprint density at radius 2 is 2.56 bits per heavy atom. The number of nitrogens with zero attached hydrogens (tertiary/aromatic N) is 1. The third kappa shape index (κ3) is 2.34. The third-order valence-corrected chi connectivity index (χ3v) is 5.65. The molecule has 1 aliphatic heterocycles. The third-order valence-electron chi connectivity index (χ3n) is 2.52. The van der Waals surface area contributed by atoms with Gasteiger partial charge in [0.05, 0.1) is 0 Å². The summed E-state index contributed by atoms with van der Waals surface area (Å²) < 4.78 is 0.984. The summed E-state index contributed by atoms with van der Waals surface area (Å²) in [6.45, 7) is 6.33. The molecule has 2 nitrogen and oxygen atoms in total. The van der Waals surface area contributed by atoms with Gasteiger partial charge in [0.15, 0.2) is 0 Å². The average molecular weight is 298 g/mol. The van der Waals surface area contributed by atoms with Gasteiger partial charge in [0, 0.05) is 0 Å². The minimum atomic E-state index is 0.253. The van der Waals surface area contributed by atoms with Crippen LogP contribution in [-0.2, 0) is 0 Å². The predicted molar refractivity (Wildman–Crippen MR) is 69.8 cm³/mol. The molecule has 0 aliphatic carbocycles. The van der Waals surface area contributed by atoms with Crippen LogP contribution in [0.25, 0.3) is 0 Å². The molecule has 1 aliphatic rings. The van der Waals surface area contributed by atoms with Crippen molar-refractivity contribution in [2.75, 3.05) is 12.4 Å². The first-order valence-corrected chi connectivity index (χ1v) is 7.83. The predicted octanol–water partition coefficient (Wildman–Crippen LogP) is 2.35. The van der Waals surface area contributed by atoms with E-state index in [0.717, 1.165) is 10.3 Å². The molecule has 0 spiro atoms. The van der Waals surface area contributed by atoms with Crippen LogP contribution < -0.4 is 0 Å². The van der Waals surface area contributed by atoms with Crippen LogP contribution in [0.2, 0.25) is 0 Å². The van der Waals surface area contributed by atoms with E-state index in [2.05, 4.69) is 23.3 Å². The molecule has 0 radical (unpaired) electrons. The molecule has 0 atom stereocenters. The summed E-state index contributed by atoms with van der Waals surface area (Å²) in [6.07, 6.45) is 1.87. The first-order valence-electron chi connectivity index (χ1n) is 5.00. The summed E-state index contributed by atoms with van der Waals surface area (Å²) in [4.78, 5) is 17.3. The van der Waals surface area contributed by atoms with E-state index in [1.54, 1.807) is 11.8 Å². The van der Waals surface area contributed by atoms with Crippen molar-refractivity contribution in [3.63, 3.8) is 0 Å². The van der Waals surface area contributed by atoms with Crippen LogP contribution in [-0.4, -0.2) is 37.6 Å². The van der Waals surface area contributed by atoms with Crippen LogP contribution in [0.1, 0.15) is 16.2 Å². The van der Waals surface area contributed by atoms with Crippen molar-refractivity contribution < 1.29 is 4.79 Å². The fourth-order valence-electron chi connectivity index (χ4n) is 1.56. The summed E-state index contributed by atoms with van der Waals surface area (Å²) in [5.74, 6) is 1.13. The zero-order valence-corrected chi connectivity index (χ0v) is 11.6. The molecule has 1 aromatic rings. The van der Waals surface area contributed by atoms with Gasteiger partial charge in [0.25, 0.3) is 0 Å². The first-order chi connectivity index (χ1) is 7.72. The van der Waals surface area contributed by atoms with Gasteiger partial charge in [-0.1, -0.05) is 0 Å². The Kier molecular flexibility index (Phi) is 3.74. The Hall–Kier alpha value is -0.701. The Morgan fingerprint density at radius 3 is 3.12 bits per heavy atom. The summed E-state index contributed by atoms with van der Waals surface area (Å²) in [6, 6.07) is 3.92. The number of carbonyl (C=O) groups is 1. The summed E-state index contributed by atoms with van der Waals surface area (Å²) in [5.41, 5.74) is 1.17. The van der Waals surface area contributed by atoms with Gasteiger partial charge in [-0.05, 0) is 0 Å². The second-order valence-corrected chi connectivity index (χ2v) is 6.50. The molecule has 0 unspecified atom stereocenters. The van der Waals surface area contributed by atoms with Crippen molar-refractivity contribution in [2.45, 2.75) is 6.92 Å². The molecule has 0 saturated carbocycles. The topological polar surface area (TPSA) is 20.3 Å². The Labute approximate surface area is 106 Å². The van der Waals surface area contributed by atoms with E-state index < -0.39 is 0 Å². The molecule has 16 heavy (non-hydrogen) atoms. The number of hydrogen-bond donors (Lipinski definition) is 0. The summed E-state index contributed by atoms with van der Waals surface area (Å²) in [5, 5.41) is 0. The van der Waals surface area contributed by atoms with Gasteiger partial charge < -0.3 is 0 Å². The quantitative estimate of drug-likeness (QED) is 0.629. The second-order valence-electron chi connectivity index (χ2n) is 3.53. The van der Waals surface area contributed by atoms with Crippen LogP contribution in [0.3, 0.4) is 0 Å². The summed E-state index contributed by atoms with van der Waals surface area (Å²) in [7, 11) is 0. The molecule has 0 amide bonds. The molecule has 84 valence electrons. The molecule has 0 bridgehead atoms. The van der Waals surface area contributed by atoms with Gasteiger partial charge in [-0.2, -0.15) is 0 Å². The normalized spacial score (nSPS) is 15.7. The van der Waals surface area contributed by atoms with Crippen molar-refractivity contribution in [1.82, 2.24) is 4.90 Å². The average Bonchev–Trinajstić information content (AvgIpc) is 2.89. The molecule has 1 aromatic heterocycles. The SMILES string of the molecule is C=CC1=C(C)N(CC(=O)c2ccc[se]2)CS1. The fourth-order valence-corrected chi connectivity index (χ4v) is 3.98. The van der Waals surface area contributed by atoms with Crippen molar-refractivity contribution in [3.8, 4) is 0 Å². The number of ketones is 1. The van der Waals surface area contributed by atoms with E-state index >= 15 is 0 Å². The standard InChI is InChI=1S/C12H13NOSSe/c1-3-11-9(2)13(8-15-11)7-10(14)12-5-4-6-16-12/h3-6H,1,7-8H2,2H3. The van der Waals surface area contributed by atoms with E-state index in [4.69, 9.17) is 0 Å². The van der Waals surface area contributed by atoms with Gasteiger partial charge in [0.2, 0.25) is 0 Å². The second kappa shape index (κ2) is 5.09. The van der Waals surface area contributed by atoms with E-state index in [0.29, 0.717) is 6.54 Å². The summed E-state index contributed by atoms with van der Waals surface area (Å²) >= 11 is 2.00. The number of thioether (sulfide) groups is 1. The molecule has 4 heteroatoms. The molecule has 2 rings (SSSR count). The Bertz CT molecular complexity index is 436. The van der Waals surface area contributed by atoms with Crippen molar-refractivity contribution in [2.24, 2.45) is 0 Å². The number of allylic oxidation sites excluding steroid dienone is 2. The van der Waals surface area contributed by atoms with E-state index in [9.17, 15) is 4.79 Å². The van der Waals surface area contributed by atoms with Crippen molar-refractivity contribution >= 4 is 32.0 Å². The minimum absolute atomic E-state index is 0.253. The van der Waals surface area contributed by atoms with Gasteiger partial charge >= 0.3 is 106 Å². The molecule has 2 heterocycles.